The molecule has 0 heterocycles. The summed E-state index contributed by atoms with van der Waals surface area (Å²) < 4.78 is 27.5. The topological polar surface area (TPSA) is 82.0 Å². The van der Waals surface area contributed by atoms with Crippen molar-refractivity contribution in [3.63, 3.8) is 0 Å². The smallest absolute Gasteiger partial charge is 0.197 e. The first-order chi connectivity index (χ1) is 5.97. The van der Waals surface area contributed by atoms with Crippen LogP contribution in [0.1, 0.15) is 34.6 Å². The van der Waals surface area contributed by atoms with E-state index in [1.54, 1.807) is 20.8 Å². The molecule has 14 heavy (non-hydrogen) atoms. The zero-order chi connectivity index (χ0) is 11.6. The van der Waals surface area contributed by atoms with Gasteiger partial charge in [0.05, 0.1) is 6.07 Å². The molecule has 0 saturated heterocycles. The van der Waals surface area contributed by atoms with E-state index < -0.39 is 21.3 Å². The first kappa shape index (κ1) is 13.4. The molecule has 0 aromatic rings. The SMILES string of the molecule is CC(C)(C)NS(=O)(=O)NC(C)(C)C#N. The minimum absolute atomic E-state index is 0.558. The lowest BCUT2D eigenvalue weighted by molar-refractivity contribution is 0.468. The first-order valence-electron chi connectivity index (χ1n) is 4.22. The average molecular weight is 219 g/mol. The summed E-state index contributed by atoms with van der Waals surface area (Å²) in [6, 6.07) is 1.85. The fourth-order valence-electron chi connectivity index (χ4n) is 0.787. The van der Waals surface area contributed by atoms with Crippen molar-refractivity contribution in [2.24, 2.45) is 0 Å². The molecule has 0 fully saturated rings. The van der Waals surface area contributed by atoms with Gasteiger partial charge >= 0.3 is 0 Å². The summed E-state index contributed by atoms with van der Waals surface area (Å²) >= 11 is 0. The van der Waals surface area contributed by atoms with E-state index in [1.165, 1.54) is 13.8 Å². The average Bonchev–Trinajstić information content (AvgIpc) is 1.78. The number of nitrogens with zero attached hydrogens (tertiary/aromatic N) is 1. The standard InChI is InChI=1S/C8H17N3O2S/c1-7(2,3)10-14(12,13)11-8(4,5)6-9/h10-11H,1-5H3. The molecule has 0 unspecified atom stereocenters. The van der Waals surface area contributed by atoms with Crippen molar-refractivity contribution in [1.82, 2.24) is 9.44 Å². The lowest BCUT2D eigenvalue weighted by Crippen LogP contribution is -2.52. The van der Waals surface area contributed by atoms with Crippen LogP contribution in [0.2, 0.25) is 0 Å². The van der Waals surface area contributed by atoms with Crippen molar-refractivity contribution in [1.29, 1.82) is 5.26 Å². The lowest BCUT2D eigenvalue weighted by Gasteiger charge is -2.24. The highest BCUT2D eigenvalue weighted by Crippen LogP contribution is 2.05. The molecule has 0 rings (SSSR count). The highest BCUT2D eigenvalue weighted by Gasteiger charge is 2.27. The molecule has 0 aliphatic heterocycles. The van der Waals surface area contributed by atoms with Crippen LogP contribution in [0.25, 0.3) is 0 Å². The number of hydrogen-bond acceptors (Lipinski definition) is 3. The van der Waals surface area contributed by atoms with E-state index in [9.17, 15) is 8.42 Å². The van der Waals surface area contributed by atoms with Crippen LogP contribution in [0.15, 0.2) is 0 Å². The highest BCUT2D eigenvalue weighted by atomic mass is 32.2. The van der Waals surface area contributed by atoms with Gasteiger partial charge in [0.15, 0.2) is 0 Å². The molecule has 0 saturated carbocycles. The number of nitriles is 1. The molecule has 82 valence electrons. The summed E-state index contributed by atoms with van der Waals surface area (Å²) in [6.07, 6.45) is 0. The normalized spacial score (nSPS) is 13.7. The molecular formula is C8H17N3O2S. The summed E-state index contributed by atoms with van der Waals surface area (Å²) in [5.41, 5.74) is -1.66. The van der Waals surface area contributed by atoms with E-state index in [-0.39, 0.29) is 0 Å². The molecule has 0 atom stereocenters. The van der Waals surface area contributed by atoms with Crippen LogP contribution >= 0.6 is 0 Å². The second-order valence-electron chi connectivity index (χ2n) is 4.69. The summed E-state index contributed by atoms with van der Waals surface area (Å²) in [5.74, 6) is 0. The second kappa shape index (κ2) is 3.85. The lowest BCUT2D eigenvalue weighted by atomic mass is 10.1. The van der Waals surface area contributed by atoms with Crippen molar-refractivity contribution < 1.29 is 8.42 Å². The number of nitrogens with one attached hydrogen (secondary N) is 2. The van der Waals surface area contributed by atoms with Crippen molar-refractivity contribution >= 4 is 10.2 Å². The number of rotatable bonds is 3. The molecule has 5 nitrogen and oxygen atoms in total. The van der Waals surface area contributed by atoms with Crippen molar-refractivity contribution in [2.45, 2.75) is 45.7 Å². The molecule has 2 N–H and O–H groups in total. The van der Waals surface area contributed by atoms with Crippen LogP contribution in [0.4, 0.5) is 0 Å². The molecule has 0 radical (unpaired) electrons. The van der Waals surface area contributed by atoms with Crippen LogP contribution in [0.3, 0.4) is 0 Å². The predicted molar refractivity (Wildman–Crippen MR) is 54.6 cm³/mol. The fourth-order valence-corrected chi connectivity index (χ4v) is 2.36. The highest BCUT2D eigenvalue weighted by molar-refractivity contribution is 7.87. The third-order valence-corrected chi connectivity index (χ3v) is 2.77. The van der Waals surface area contributed by atoms with Crippen molar-refractivity contribution in [2.75, 3.05) is 0 Å². The Hall–Kier alpha value is -0.640. The van der Waals surface area contributed by atoms with E-state index >= 15 is 0 Å². The molecule has 6 heteroatoms. The molecule has 0 aromatic carbocycles. The molecule has 0 amide bonds. The maximum Gasteiger partial charge on any atom is 0.278 e. The second-order valence-corrected chi connectivity index (χ2v) is 6.11. The summed E-state index contributed by atoms with van der Waals surface area (Å²) in [6.45, 7) is 8.17. The van der Waals surface area contributed by atoms with Gasteiger partial charge in [-0.15, -0.1) is 0 Å². The van der Waals surface area contributed by atoms with Crippen LogP contribution in [-0.4, -0.2) is 19.5 Å². The van der Waals surface area contributed by atoms with Crippen LogP contribution < -0.4 is 9.44 Å². The zero-order valence-electron chi connectivity index (χ0n) is 9.17. The van der Waals surface area contributed by atoms with E-state index in [0.29, 0.717) is 0 Å². The van der Waals surface area contributed by atoms with Gasteiger partial charge < -0.3 is 0 Å². The molecule has 0 spiro atoms. The number of hydrogen-bond donors (Lipinski definition) is 2. The van der Waals surface area contributed by atoms with Crippen LogP contribution in [-0.2, 0) is 10.2 Å². The minimum atomic E-state index is -3.63. The zero-order valence-corrected chi connectivity index (χ0v) is 9.99. The Morgan fingerprint density at radius 2 is 1.50 bits per heavy atom. The Morgan fingerprint density at radius 1 is 1.07 bits per heavy atom. The van der Waals surface area contributed by atoms with Gasteiger partial charge in [0, 0.05) is 5.54 Å². The van der Waals surface area contributed by atoms with Crippen LogP contribution in [0.5, 0.6) is 0 Å². The summed E-state index contributed by atoms with van der Waals surface area (Å²) in [5, 5.41) is 8.65. The third kappa shape index (κ3) is 5.91. The largest absolute Gasteiger partial charge is 0.278 e. The van der Waals surface area contributed by atoms with Gasteiger partial charge in [0.2, 0.25) is 0 Å². The van der Waals surface area contributed by atoms with Gasteiger partial charge in [-0.3, -0.25) is 0 Å². The molecule has 0 aliphatic carbocycles. The van der Waals surface area contributed by atoms with Gasteiger partial charge in [-0.2, -0.15) is 23.1 Å². The Balaban J connectivity index is 4.63. The maximum absolute atomic E-state index is 11.4. The Kier molecular flexibility index (Phi) is 3.67. The minimum Gasteiger partial charge on any atom is -0.197 e. The van der Waals surface area contributed by atoms with Gasteiger partial charge in [-0.1, -0.05) is 0 Å². The molecule has 0 aromatic heterocycles. The first-order valence-corrected chi connectivity index (χ1v) is 5.70. The van der Waals surface area contributed by atoms with E-state index in [1.807, 2.05) is 6.07 Å². The summed E-state index contributed by atoms with van der Waals surface area (Å²) in [7, 11) is -3.63. The fraction of sp³-hybridized carbons (Fsp3) is 0.875. The molecule has 0 aliphatic rings. The Bertz CT molecular complexity index is 333. The van der Waals surface area contributed by atoms with Gasteiger partial charge in [-0.05, 0) is 34.6 Å². The molecular weight excluding hydrogens is 202 g/mol. The Morgan fingerprint density at radius 3 is 1.79 bits per heavy atom. The quantitative estimate of drug-likeness (QED) is 0.725. The van der Waals surface area contributed by atoms with E-state index in [0.717, 1.165) is 0 Å². The van der Waals surface area contributed by atoms with Gasteiger partial charge in [0.25, 0.3) is 10.2 Å². The monoisotopic (exact) mass is 219 g/mol. The summed E-state index contributed by atoms with van der Waals surface area (Å²) in [4.78, 5) is 0. The van der Waals surface area contributed by atoms with E-state index in [4.69, 9.17) is 5.26 Å². The van der Waals surface area contributed by atoms with Gasteiger partial charge in [0.1, 0.15) is 5.54 Å². The molecule has 0 bridgehead atoms. The van der Waals surface area contributed by atoms with E-state index in [2.05, 4.69) is 9.44 Å². The Labute approximate surface area is 85.7 Å². The maximum atomic E-state index is 11.4. The van der Waals surface area contributed by atoms with Crippen molar-refractivity contribution in [3.05, 3.63) is 0 Å². The van der Waals surface area contributed by atoms with Gasteiger partial charge in [-0.25, -0.2) is 0 Å². The third-order valence-electron chi connectivity index (χ3n) is 1.11. The van der Waals surface area contributed by atoms with Crippen LogP contribution in [0, 0.1) is 11.3 Å². The van der Waals surface area contributed by atoms with Crippen molar-refractivity contribution in [3.8, 4) is 6.07 Å². The predicted octanol–water partition coefficient (Wildman–Crippen LogP) is 0.511.